The Morgan fingerprint density at radius 3 is 2.58 bits per heavy atom. The van der Waals surface area contributed by atoms with Crippen LogP contribution in [0.3, 0.4) is 0 Å². The number of hydrogen-bond acceptors (Lipinski definition) is 3. The monoisotopic (exact) mass is 261 g/mol. The fourth-order valence-electron chi connectivity index (χ4n) is 1.50. The van der Waals surface area contributed by atoms with E-state index in [9.17, 15) is 0 Å². The highest BCUT2D eigenvalue weighted by Gasteiger charge is 2.09. The lowest BCUT2D eigenvalue weighted by Gasteiger charge is -2.19. The summed E-state index contributed by atoms with van der Waals surface area (Å²) in [6.07, 6.45) is 0. The maximum Gasteiger partial charge on any atom is 0.0730 e. The van der Waals surface area contributed by atoms with E-state index in [4.69, 9.17) is 15.2 Å². The summed E-state index contributed by atoms with van der Waals surface area (Å²) in [5.74, 6) is 5.92. The van der Waals surface area contributed by atoms with Crippen molar-refractivity contribution in [3.8, 4) is 11.8 Å². The molecule has 0 atom stereocenters. The van der Waals surface area contributed by atoms with E-state index in [1.54, 1.807) is 0 Å². The smallest absolute Gasteiger partial charge is 0.0730 e. The number of ether oxygens (including phenoxy) is 2. The summed E-state index contributed by atoms with van der Waals surface area (Å²) in [7, 11) is 0. The van der Waals surface area contributed by atoms with Crippen LogP contribution in [-0.4, -0.2) is 25.4 Å². The van der Waals surface area contributed by atoms with Crippen LogP contribution in [0.5, 0.6) is 0 Å². The highest BCUT2D eigenvalue weighted by atomic mass is 16.5. The lowest BCUT2D eigenvalue weighted by Crippen LogP contribution is -2.21. The van der Waals surface area contributed by atoms with Gasteiger partial charge in [0.25, 0.3) is 0 Å². The van der Waals surface area contributed by atoms with Crippen LogP contribution in [0.2, 0.25) is 0 Å². The van der Waals surface area contributed by atoms with Gasteiger partial charge in [0.1, 0.15) is 0 Å². The maximum absolute atomic E-state index is 5.61. The van der Waals surface area contributed by atoms with Gasteiger partial charge in [-0.15, -0.1) is 0 Å². The largest absolute Gasteiger partial charge is 0.374 e. The molecule has 1 aromatic carbocycles. The lowest BCUT2D eigenvalue weighted by atomic mass is 10.1. The molecule has 3 heteroatoms. The molecule has 0 aliphatic carbocycles. The van der Waals surface area contributed by atoms with Crippen molar-refractivity contribution in [2.45, 2.75) is 33.0 Å². The van der Waals surface area contributed by atoms with E-state index >= 15 is 0 Å². The Kier molecular flexibility index (Phi) is 6.58. The normalized spacial score (nSPS) is 10.9. The van der Waals surface area contributed by atoms with Gasteiger partial charge >= 0.3 is 0 Å². The van der Waals surface area contributed by atoms with E-state index in [1.165, 1.54) is 0 Å². The molecule has 0 saturated carbocycles. The molecule has 0 amide bonds. The summed E-state index contributed by atoms with van der Waals surface area (Å²) in [5, 5.41) is 0. The first-order valence-corrected chi connectivity index (χ1v) is 6.51. The van der Waals surface area contributed by atoms with E-state index in [2.05, 4.69) is 11.8 Å². The average Bonchev–Trinajstić information content (AvgIpc) is 2.36. The number of hydrogen-bond donors (Lipinski definition) is 1. The second-order valence-electron chi connectivity index (χ2n) is 5.18. The quantitative estimate of drug-likeness (QED) is 0.653. The van der Waals surface area contributed by atoms with Gasteiger partial charge in [-0.3, -0.25) is 0 Å². The summed E-state index contributed by atoms with van der Waals surface area (Å²) in [6.45, 7) is 8.19. The Bertz CT molecular complexity index is 438. The number of nitrogens with two attached hydrogens (primary N) is 1. The van der Waals surface area contributed by atoms with Gasteiger partial charge in [-0.2, -0.15) is 0 Å². The molecule has 104 valence electrons. The third kappa shape index (κ3) is 6.97. The zero-order valence-electron chi connectivity index (χ0n) is 12.0. The predicted octanol–water partition coefficient (Wildman–Crippen LogP) is 2.33. The zero-order valence-corrected chi connectivity index (χ0v) is 12.0. The Morgan fingerprint density at radius 1 is 1.16 bits per heavy atom. The lowest BCUT2D eigenvalue weighted by molar-refractivity contribution is -0.0377. The highest BCUT2D eigenvalue weighted by molar-refractivity contribution is 5.41. The third-order valence-corrected chi connectivity index (χ3v) is 2.36. The molecule has 0 saturated heterocycles. The fraction of sp³-hybridized carbons (Fsp3) is 0.500. The van der Waals surface area contributed by atoms with Crippen LogP contribution < -0.4 is 5.73 Å². The van der Waals surface area contributed by atoms with Gasteiger partial charge in [0.2, 0.25) is 0 Å². The SMILES string of the molecule is CC(C)(C)OCCOCc1ccccc1C#CCN. The van der Waals surface area contributed by atoms with Crippen LogP contribution in [0.1, 0.15) is 31.9 Å². The molecule has 0 fully saturated rings. The van der Waals surface area contributed by atoms with Crippen molar-refractivity contribution in [3.05, 3.63) is 35.4 Å². The van der Waals surface area contributed by atoms with Crippen LogP contribution in [-0.2, 0) is 16.1 Å². The predicted molar refractivity (Wildman–Crippen MR) is 77.7 cm³/mol. The molecular formula is C16H23NO2. The second-order valence-corrected chi connectivity index (χ2v) is 5.18. The molecule has 0 aliphatic rings. The van der Waals surface area contributed by atoms with Crippen LogP contribution in [0.15, 0.2) is 24.3 Å². The van der Waals surface area contributed by atoms with Gasteiger partial charge < -0.3 is 15.2 Å². The van der Waals surface area contributed by atoms with Crippen molar-refractivity contribution < 1.29 is 9.47 Å². The molecule has 0 unspecified atom stereocenters. The minimum absolute atomic E-state index is 0.117. The third-order valence-electron chi connectivity index (χ3n) is 2.36. The van der Waals surface area contributed by atoms with Crippen LogP contribution in [0.4, 0.5) is 0 Å². The fourth-order valence-corrected chi connectivity index (χ4v) is 1.50. The van der Waals surface area contributed by atoms with Crippen LogP contribution in [0, 0.1) is 11.8 Å². The molecule has 0 spiro atoms. The minimum atomic E-state index is -0.117. The van der Waals surface area contributed by atoms with Gasteiger partial charge in [-0.05, 0) is 32.4 Å². The summed E-state index contributed by atoms with van der Waals surface area (Å²) >= 11 is 0. The van der Waals surface area contributed by atoms with Crippen LogP contribution >= 0.6 is 0 Å². The molecule has 1 rings (SSSR count). The van der Waals surface area contributed by atoms with E-state index in [-0.39, 0.29) is 5.60 Å². The maximum atomic E-state index is 5.61. The van der Waals surface area contributed by atoms with Crippen molar-refractivity contribution in [2.75, 3.05) is 19.8 Å². The Hall–Kier alpha value is -1.34. The van der Waals surface area contributed by atoms with Crippen molar-refractivity contribution in [1.82, 2.24) is 0 Å². The summed E-state index contributed by atoms with van der Waals surface area (Å²) < 4.78 is 11.2. The van der Waals surface area contributed by atoms with Gasteiger partial charge in [-0.1, -0.05) is 30.0 Å². The van der Waals surface area contributed by atoms with E-state index < -0.39 is 0 Å². The average molecular weight is 261 g/mol. The summed E-state index contributed by atoms with van der Waals surface area (Å²) in [6, 6.07) is 7.95. The van der Waals surface area contributed by atoms with Crippen LogP contribution in [0.25, 0.3) is 0 Å². The van der Waals surface area contributed by atoms with Crippen molar-refractivity contribution in [1.29, 1.82) is 0 Å². The molecule has 0 aliphatic heterocycles. The number of rotatable bonds is 5. The van der Waals surface area contributed by atoms with Gasteiger partial charge in [-0.25, -0.2) is 0 Å². The molecule has 0 radical (unpaired) electrons. The molecule has 3 nitrogen and oxygen atoms in total. The molecule has 0 heterocycles. The molecule has 0 bridgehead atoms. The topological polar surface area (TPSA) is 44.5 Å². The second kappa shape index (κ2) is 7.96. The molecular weight excluding hydrogens is 238 g/mol. The van der Waals surface area contributed by atoms with E-state index in [0.29, 0.717) is 26.4 Å². The minimum Gasteiger partial charge on any atom is -0.374 e. The summed E-state index contributed by atoms with van der Waals surface area (Å²) in [4.78, 5) is 0. The standard InChI is InChI=1S/C16H23NO2/c1-16(2,3)19-12-11-18-13-15-8-5-4-7-14(15)9-6-10-17/h4-5,7-8H,10-13,17H2,1-3H3. The molecule has 1 aromatic rings. The highest BCUT2D eigenvalue weighted by Crippen LogP contribution is 2.09. The Labute approximate surface area is 116 Å². The first-order valence-electron chi connectivity index (χ1n) is 6.51. The van der Waals surface area contributed by atoms with Gasteiger partial charge in [0.15, 0.2) is 0 Å². The Morgan fingerprint density at radius 2 is 1.89 bits per heavy atom. The molecule has 2 N–H and O–H groups in total. The van der Waals surface area contributed by atoms with Crippen molar-refractivity contribution in [3.63, 3.8) is 0 Å². The Balaban J connectivity index is 2.41. The summed E-state index contributed by atoms with van der Waals surface area (Å²) in [5.41, 5.74) is 7.33. The van der Waals surface area contributed by atoms with Gasteiger partial charge in [0, 0.05) is 5.56 Å². The van der Waals surface area contributed by atoms with Crippen molar-refractivity contribution >= 4 is 0 Å². The van der Waals surface area contributed by atoms with E-state index in [0.717, 1.165) is 11.1 Å². The zero-order chi connectivity index (χ0) is 14.1. The molecule has 19 heavy (non-hydrogen) atoms. The van der Waals surface area contributed by atoms with Gasteiger partial charge in [0.05, 0.1) is 32.0 Å². The first kappa shape index (κ1) is 15.7. The first-order chi connectivity index (χ1) is 9.03. The molecule has 0 aromatic heterocycles. The van der Waals surface area contributed by atoms with Crippen molar-refractivity contribution in [2.24, 2.45) is 5.73 Å². The number of benzene rings is 1. The van der Waals surface area contributed by atoms with E-state index in [1.807, 2.05) is 45.0 Å².